The third-order valence-corrected chi connectivity index (χ3v) is 3.63. The van der Waals surface area contributed by atoms with E-state index < -0.39 is 23.7 Å². The van der Waals surface area contributed by atoms with Gasteiger partial charge in [0.25, 0.3) is 0 Å². The number of fused-ring (bicyclic) bond motifs is 3. The summed E-state index contributed by atoms with van der Waals surface area (Å²) in [6.07, 6.45) is -0.0341. The summed E-state index contributed by atoms with van der Waals surface area (Å²) in [6, 6.07) is 6.77. The molecule has 0 fully saturated rings. The average molecular weight is 344 g/mol. The number of ether oxygens (including phenoxy) is 3. The highest BCUT2D eigenvalue weighted by atomic mass is 16.6. The van der Waals surface area contributed by atoms with Crippen LogP contribution in [0.3, 0.4) is 0 Å². The van der Waals surface area contributed by atoms with Gasteiger partial charge in [-0.2, -0.15) is 0 Å². The number of carbonyl (C=O) groups excluding carboxylic acids is 2. The summed E-state index contributed by atoms with van der Waals surface area (Å²) in [7, 11) is 0. The van der Waals surface area contributed by atoms with E-state index in [2.05, 4.69) is 0 Å². The fraction of sp³-hybridized carbons (Fsp3) is 0.278. The lowest BCUT2D eigenvalue weighted by Gasteiger charge is -2.24. The van der Waals surface area contributed by atoms with E-state index in [0.717, 1.165) is 0 Å². The molecule has 0 saturated heterocycles. The van der Waals surface area contributed by atoms with Gasteiger partial charge in [0, 0.05) is 0 Å². The molecule has 0 bridgehead atoms. The van der Waals surface area contributed by atoms with Crippen molar-refractivity contribution in [3.05, 3.63) is 45.8 Å². The van der Waals surface area contributed by atoms with Crippen LogP contribution in [0.15, 0.2) is 39.1 Å². The molecule has 1 aromatic heterocycles. The second-order valence-corrected chi connectivity index (χ2v) is 5.20. The van der Waals surface area contributed by atoms with Crippen LogP contribution in [0, 0.1) is 0 Å². The van der Waals surface area contributed by atoms with E-state index >= 15 is 0 Å². The van der Waals surface area contributed by atoms with E-state index in [9.17, 15) is 14.4 Å². The topological polar surface area (TPSA) is 92.0 Å². The van der Waals surface area contributed by atoms with Crippen LogP contribution in [0.4, 0.5) is 0 Å². The fourth-order valence-corrected chi connectivity index (χ4v) is 2.57. The first kappa shape index (κ1) is 16.8. The third kappa shape index (κ3) is 3.00. The van der Waals surface area contributed by atoms with Crippen molar-refractivity contribution in [2.75, 3.05) is 13.2 Å². The molecule has 1 aliphatic rings. The van der Waals surface area contributed by atoms with Crippen molar-refractivity contribution in [2.45, 2.75) is 20.0 Å². The first-order valence-corrected chi connectivity index (χ1v) is 7.84. The van der Waals surface area contributed by atoms with Gasteiger partial charge in [0.05, 0.1) is 24.2 Å². The van der Waals surface area contributed by atoms with Crippen molar-refractivity contribution < 1.29 is 28.2 Å². The quantitative estimate of drug-likeness (QED) is 0.619. The summed E-state index contributed by atoms with van der Waals surface area (Å²) in [5.74, 6) is -1.30. The molecule has 0 spiro atoms. The van der Waals surface area contributed by atoms with Crippen LogP contribution in [-0.4, -0.2) is 31.3 Å². The molecule has 2 heterocycles. The van der Waals surface area contributed by atoms with Crippen molar-refractivity contribution >= 4 is 29.0 Å². The largest absolute Gasteiger partial charge is 0.472 e. The van der Waals surface area contributed by atoms with Crippen LogP contribution in [0.2, 0.25) is 0 Å². The predicted molar refractivity (Wildman–Crippen MR) is 88.1 cm³/mol. The minimum Gasteiger partial charge on any atom is -0.472 e. The van der Waals surface area contributed by atoms with Gasteiger partial charge in [0.2, 0.25) is 6.10 Å². The summed E-state index contributed by atoms with van der Waals surface area (Å²) in [5, 5.41) is 0.519. The Morgan fingerprint density at radius 2 is 1.84 bits per heavy atom. The Labute approximate surface area is 142 Å². The van der Waals surface area contributed by atoms with Crippen molar-refractivity contribution in [1.29, 1.82) is 0 Å². The SMILES string of the molecule is CCOC(=O)C1=Cc2c(c3ccccc3oc2=O)OC1C(=O)OCC. The Bertz CT molecular complexity index is 923. The van der Waals surface area contributed by atoms with E-state index in [4.69, 9.17) is 18.6 Å². The Balaban J connectivity index is 2.20. The van der Waals surface area contributed by atoms with Crippen LogP contribution < -0.4 is 10.4 Å². The van der Waals surface area contributed by atoms with Gasteiger partial charge >= 0.3 is 17.6 Å². The van der Waals surface area contributed by atoms with Gasteiger partial charge in [-0.3, -0.25) is 0 Å². The Morgan fingerprint density at radius 1 is 1.12 bits per heavy atom. The summed E-state index contributed by atoms with van der Waals surface area (Å²) >= 11 is 0. The van der Waals surface area contributed by atoms with Gasteiger partial charge in [-0.05, 0) is 32.1 Å². The minimum atomic E-state index is -1.31. The smallest absolute Gasteiger partial charge is 0.352 e. The molecule has 130 valence electrons. The molecule has 25 heavy (non-hydrogen) atoms. The van der Waals surface area contributed by atoms with Gasteiger partial charge in [0.1, 0.15) is 16.9 Å². The average Bonchev–Trinajstić information content (AvgIpc) is 2.61. The van der Waals surface area contributed by atoms with Crippen LogP contribution in [-0.2, 0) is 19.1 Å². The molecule has 1 unspecified atom stereocenters. The maximum absolute atomic E-state index is 12.3. The van der Waals surface area contributed by atoms with Gasteiger partial charge < -0.3 is 18.6 Å². The van der Waals surface area contributed by atoms with Crippen LogP contribution in [0.25, 0.3) is 17.0 Å². The molecule has 3 rings (SSSR count). The van der Waals surface area contributed by atoms with Crippen LogP contribution in [0.1, 0.15) is 19.4 Å². The zero-order chi connectivity index (χ0) is 18.0. The monoisotopic (exact) mass is 344 g/mol. The number of hydrogen-bond donors (Lipinski definition) is 0. The van der Waals surface area contributed by atoms with Crippen molar-refractivity contribution in [1.82, 2.24) is 0 Å². The van der Waals surface area contributed by atoms with Crippen LogP contribution in [0.5, 0.6) is 5.75 Å². The lowest BCUT2D eigenvalue weighted by atomic mass is 10.0. The Hall–Kier alpha value is -3.09. The van der Waals surface area contributed by atoms with Crippen LogP contribution >= 0.6 is 0 Å². The second kappa shape index (κ2) is 6.80. The van der Waals surface area contributed by atoms with Gasteiger partial charge in [-0.15, -0.1) is 0 Å². The fourth-order valence-electron chi connectivity index (χ4n) is 2.57. The zero-order valence-electron chi connectivity index (χ0n) is 13.7. The molecular formula is C18H16O7. The molecule has 1 aromatic carbocycles. The van der Waals surface area contributed by atoms with Gasteiger partial charge in [-0.1, -0.05) is 12.1 Å². The Kier molecular flexibility index (Phi) is 4.56. The molecule has 7 nitrogen and oxygen atoms in total. The van der Waals surface area contributed by atoms with Crippen molar-refractivity contribution in [3.8, 4) is 5.75 Å². The number of carbonyl (C=O) groups is 2. The highest BCUT2D eigenvalue weighted by molar-refractivity contribution is 6.04. The lowest BCUT2D eigenvalue weighted by molar-refractivity contribution is -0.153. The van der Waals surface area contributed by atoms with E-state index in [1.807, 2.05) is 0 Å². The number of para-hydroxylation sites is 1. The molecule has 1 aliphatic heterocycles. The van der Waals surface area contributed by atoms with Gasteiger partial charge in [-0.25, -0.2) is 14.4 Å². The summed E-state index contributed by atoms with van der Waals surface area (Å²) in [4.78, 5) is 36.7. The normalized spacial score (nSPS) is 15.8. The number of benzene rings is 1. The van der Waals surface area contributed by atoms with E-state index in [0.29, 0.717) is 11.0 Å². The Morgan fingerprint density at radius 3 is 2.56 bits per heavy atom. The summed E-state index contributed by atoms with van der Waals surface area (Å²) < 4.78 is 20.9. The summed E-state index contributed by atoms with van der Waals surface area (Å²) in [5.41, 5.74) is -0.391. The lowest BCUT2D eigenvalue weighted by Crippen LogP contribution is -2.37. The molecule has 0 N–H and O–H groups in total. The van der Waals surface area contributed by atoms with E-state index in [-0.39, 0.29) is 30.1 Å². The maximum Gasteiger partial charge on any atom is 0.352 e. The standard InChI is InChI=1S/C18H16O7/c1-3-22-16(19)12-9-11-14(25-15(12)18(21)23-4-2)10-7-5-6-8-13(10)24-17(11)20/h5-9,15H,3-4H2,1-2H3. The predicted octanol–water partition coefficient (Wildman–Crippen LogP) is 2.06. The highest BCUT2D eigenvalue weighted by Gasteiger charge is 2.37. The molecule has 7 heteroatoms. The highest BCUT2D eigenvalue weighted by Crippen LogP contribution is 2.35. The van der Waals surface area contributed by atoms with Gasteiger partial charge in [0.15, 0.2) is 0 Å². The van der Waals surface area contributed by atoms with E-state index in [1.165, 1.54) is 6.08 Å². The first-order chi connectivity index (χ1) is 12.1. The van der Waals surface area contributed by atoms with Crippen molar-refractivity contribution in [2.24, 2.45) is 0 Å². The van der Waals surface area contributed by atoms with E-state index in [1.54, 1.807) is 38.1 Å². The molecular weight excluding hydrogens is 328 g/mol. The zero-order valence-corrected chi connectivity index (χ0v) is 13.7. The molecule has 0 amide bonds. The molecule has 1 atom stereocenters. The molecule has 2 aromatic rings. The molecule has 0 radical (unpaired) electrons. The summed E-state index contributed by atoms with van der Waals surface area (Å²) in [6.45, 7) is 3.52. The third-order valence-electron chi connectivity index (χ3n) is 3.63. The van der Waals surface area contributed by atoms with Crippen molar-refractivity contribution in [3.63, 3.8) is 0 Å². The maximum atomic E-state index is 12.3. The second-order valence-electron chi connectivity index (χ2n) is 5.20. The molecule has 0 saturated carbocycles. The number of hydrogen-bond acceptors (Lipinski definition) is 7. The number of rotatable bonds is 4. The first-order valence-electron chi connectivity index (χ1n) is 7.84. The number of esters is 2. The molecule has 0 aliphatic carbocycles. The minimum absolute atomic E-state index is 0.0577.